The Hall–Kier alpha value is -0.740. The van der Waals surface area contributed by atoms with Crippen LogP contribution in [0.2, 0.25) is 0 Å². The van der Waals surface area contributed by atoms with Crippen molar-refractivity contribution >= 4 is 27.7 Å². The summed E-state index contributed by atoms with van der Waals surface area (Å²) in [5, 5.41) is 0.996. The fourth-order valence-electron chi connectivity index (χ4n) is 1.00. The first-order valence-corrected chi connectivity index (χ1v) is 5.89. The molecule has 0 fully saturated rings. The van der Waals surface area contributed by atoms with Gasteiger partial charge in [-0.05, 0) is 24.3 Å². The smallest absolute Gasteiger partial charge is 0.114 e. The standard InChI is InChI=1S/C10H8BrNOS/c11-8-3-4-12-10(6-8)14-7-9-2-1-5-13-9/h1-6H,7H2. The van der Waals surface area contributed by atoms with E-state index in [4.69, 9.17) is 4.42 Å². The second-order valence-electron chi connectivity index (χ2n) is 2.68. The summed E-state index contributed by atoms with van der Waals surface area (Å²) in [7, 11) is 0. The Labute approximate surface area is 94.9 Å². The van der Waals surface area contributed by atoms with E-state index >= 15 is 0 Å². The molecule has 4 heteroatoms. The van der Waals surface area contributed by atoms with Crippen LogP contribution in [-0.2, 0) is 5.75 Å². The van der Waals surface area contributed by atoms with Crippen LogP contribution in [0.15, 0.2) is 50.6 Å². The summed E-state index contributed by atoms with van der Waals surface area (Å²) in [4.78, 5) is 4.23. The lowest BCUT2D eigenvalue weighted by Crippen LogP contribution is -1.80. The summed E-state index contributed by atoms with van der Waals surface area (Å²) in [6.45, 7) is 0. The molecular weight excluding hydrogens is 262 g/mol. The Balaban J connectivity index is 1.98. The van der Waals surface area contributed by atoms with Crippen LogP contribution in [0, 0.1) is 0 Å². The minimum atomic E-state index is 0.816. The molecule has 0 spiro atoms. The van der Waals surface area contributed by atoms with Crippen LogP contribution in [-0.4, -0.2) is 4.98 Å². The van der Waals surface area contributed by atoms with E-state index in [1.54, 1.807) is 24.2 Å². The molecule has 0 N–H and O–H groups in total. The predicted molar refractivity (Wildman–Crippen MR) is 60.2 cm³/mol. The van der Waals surface area contributed by atoms with Crippen molar-refractivity contribution in [1.29, 1.82) is 0 Å². The number of hydrogen-bond acceptors (Lipinski definition) is 3. The third-order valence-corrected chi connectivity index (χ3v) is 3.08. The molecule has 0 aromatic carbocycles. The Morgan fingerprint density at radius 3 is 3.07 bits per heavy atom. The van der Waals surface area contributed by atoms with E-state index in [0.29, 0.717) is 0 Å². The lowest BCUT2D eigenvalue weighted by Gasteiger charge is -1.98. The first-order chi connectivity index (χ1) is 6.84. The highest BCUT2D eigenvalue weighted by atomic mass is 79.9. The van der Waals surface area contributed by atoms with E-state index < -0.39 is 0 Å². The minimum absolute atomic E-state index is 0.816. The number of thioether (sulfide) groups is 1. The number of aromatic nitrogens is 1. The zero-order chi connectivity index (χ0) is 9.80. The van der Waals surface area contributed by atoms with Gasteiger partial charge in [-0.3, -0.25) is 0 Å². The largest absolute Gasteiger partial charge is 0.468 e. The van der Waals surface area contributed by atoms with E-state index in [0.717, 1.165) is 21.0 Å². The second-order valence-corrected chi connectivity index (χ2v) is 4.59. The predicted octanol–water partition coefficient (Wildman–Crippen LogP) is 3.73. The lowest BCUT2D eigenvalue weighted by atomic mass is 10.5. The van der Waals surface area contributed by atoms with Gasteiger partial charge in [-0.25, -0.2) is 4.98 Å². The maximum absolute atomic E-state index is 5.23. The SMILES string of the molecule is Brc1ccnc(SCc2ccco2)c1. The van der Waals surface area contributed by atoms with E-state index in [1.165, 1.54) is 0 Å². The highest BCUT2D eigenvalue weighted by Gasteiger charge is 1.99. The first kappa shape index (κ1) is 9.80. The maximum atomic E-state index is 5.23. The average Bonchev–Trinajstić information content (AvgIpc) is 2.67. The molecule has 0 aliphatic rings. The summed E-state index contributed by atoms with van der Waals surface area (Å²) < 4.78 is 6.28. The van der Waals surface area contributed by atoms with Gasteiger partial charge in [0.25, 0.3) is 0 Å². The van der Waals surface area contributed by atoms with Gasteiger partial charge in [0, 0.05) is 10.7 Å². The van der Waals surface area contributed by atoms with Crippen molar-refractivity contribution in [3.63, 3.8) is 0 Å². The van der Waals surface area contributed by atoms with Gasteiger partial charge in [-0.1, -0.05) is 27.7 Å². The van der Waals surface area contributed by atoms with Crippen molar-refractivity contribution in [3.05, 3.63) is 47.0 Å². The zero-order valence-corrected chi connectivity index (χ0v) is 9.72. The zero-order valence-electron chi connectivity index (χ0n) is 7.31. The van der Waals surface area contributed by atoms with Crippen LogP contribution in [0.25, 0.3) is 0 Å². The molecule has 0 unspecified atom stereocenters. The van der Waals surface area contributed by atoms with Crippen molar-refractivity contribution in [3.8, 4) is 0 Å². The van der Waals surface area contributed by atoms with Crippen molar-refractivity contribution in [2.24, 2.45) is 0 Å². The summed E-state index contributed by atoms with van der Waals surface area (Å²) in [5.41, 5.74) is 0. The van der Waals surface area contributed by atoms with Crippen LogP contribution in [0.1, 0.15) is 5.76 Å². The summed E-state index contributed by atoms with van der Waals surface area (Å²) in [5.74, 6) is 1.79. The number of hydrogen-bond donors (Lipinski definition) is 0. The van der Waals surface area contributed by atoms with Crippen LogP contribution < -0.4 is 0 Å². The van der Waals surface area contributed by atoms with Gasteiger partial charge in [0.2, 0.25) is 0 Å². The monoisotopic (exact) mass is 269 g/mol. The summed E-state index contributed by atoms with van der Waals surface area (Å²) in [6.07, 6.45) is 3.47. The molecule has 2 aromatic rings. The third-order valence-electron chi connectivity index (χ3n) is 1.64. The van der Waals surface area contributed by atoms with Crippen molar-refractivity contribution in [2.45, 2.75) is 10.8 Å². The Bertz CT molecular complexity index is 402. The minimum Gasteiger partial charge on any atom is -0.468 e. The molecule has 14 heavy (non-hydrogen) atoms. The third kappa shape index (κ3) is 2.62. The quantitative estimate of drug-likeness (QED) is 0.795. The van der Waals surface area contributed by atoms with Gasteiger partial charge >= 0.3 is 0 Å². The van der Waals surface area contributed by atoms with E-state index in [1.807, 2.05) is 24.3 Å². The molecule has 0 aliphatic heterocycles. The Morgan fingerprint density at radius 1 is 1.43 bits per heavy atom. The fourth-order valence-corrected chi connectivity index (χ4v) is 2.29. The Kier molecular flexibility index (Phi) is 3.26. The number of rotatable bonds is 3. The van der Waals surface area contributed by atoms with Crippen molar-refractivity contribution in [2.75, 3.05) is 0 Å². The molecule has 2 heterocycles. The second kappa shape index (κ2) is 4.66. The normalized spacial score (nSPS) is 10.4. The van der Waals surface area contributed by atoms with Crippen LogP contribution in [0.3, 0.4) is 0 Å². The molecule has 2 aromatic heterocycles. The average molecular weight is 270 g/mol. The van der Waals surface area contributed by atoms with Crippen molar-refractivity contribution < 1.29 is 4.42 Å². The van der Waals surface area contributed by atoms with Crippen LogP contribution >= 0.6 is 27.7 Å². The molecule has 0 radical (unpaired) electrons. The molecule has 0 saturated carbocycles. The molecule has 72 valence electrons. The fraction of sp³-hybridized carbons (Fsp3) is 0.100. The van der Waals surface area contributed by atoms with Crippen molar-refractivity contribution in [1.82, 2.24) is 4.98 Å². The van der Waals surface area contributed by atoms with Crippen LogP contribution in [0.4, 0.5) is 0 Å². The number of pyridine rings is 1. The number of nitrogens with zero attached hydrogens (tertiary/aromatic N) is 1. The van der Waals surface area contributed by atoms with E-state index in [2.05, 4.69) is 20.9 Å². The van der Waals surface area contributed by atoms with Gasteiger partial charge < -0.3 is 4.42 Å². The molecular formula is C10H8BrNOS. The number of halogens is 1. The molecule has 0 aliphatic carbocycles. The molecule has 0 bridgehead atoms. The highest BCUT2D eigenvalue weighted by Crippen LogP contribution is 2.23. The van der Waals surface area contributed by atoms with Gasteiger partial charge in [-0.15, -0.1) is 0 Å². The summed E-state index contributed by atoms with van der Waals surface area (Å²) >= 11 is 5.06. The number of furan rings is 1. The topological polar surface area (TPSA) is 26.0 Å². The van der Waals surface area contributed by atoms with Gasteiger partial charge in [0.15, 0.2) is 0 Å². The van der Waals surface area contributed by atoms with Gasteiger partial charge in [-0.2, -0.15) is 0 Å². The summed E-state index contributed by atoms with van der Waals surface area (Å²) in [6, 6.07) is 7.76. The lowest BCUT2D eigenvalue weighted by molar-refractivity contribution is 0.530. The van der Waals surface area contributed by atoms with Crippen LogP contribution in [0.5, 0.6) is 0 Å². The van der Waals surface area contributed by atoms with E-state index in [9.17, 15) is 0 Å². The highest BCUT2D eigenvalue weighted by molar-refractivity contribution is 9.10. The molecule has 2 nitrogen and oxygen atoms in total. The Morgan fingerprint density at radius 2 is 2.36 bits per heavy atom. The van der Waals surface area contributed by atoms with Gasteiger partial charge in [0.05, 0.1) is 17.0 Å². The molecule has 2 rings (SSSR count). The van der Waals surface area contributed by atoms with E-state index in [-0.39, 0.29) is 0 Å². The molecule has 0 atom stereocenters. The molecule has 0 amide bonds. The van der Waals surface area contributed by atoms with Gasteiger partial charge in [0.1, 0.15) is 5.76 Å². The first-order valence-electron chi connectivity index (χ1n) is 4.11. The maximum Gasteiger partial charge on any atom is 0.114 e. The molecule has 0 saturated heterocycles.